The predicted octanol–water partition coefficient (Wildman–Crippen LogP) is 4.19. The molecule has 6 heteroatoms. The minimum absolute atomic E-state index is 0.111. The molecule has 2 fully saturated rings. The average Bonchev–Trinajstić information content (AvgIpc) is 3.31. The van der Waals surface area contributed by atoms with Crippen LogP contribution in [0.1, 0.15) is 39.5 Å². The molecule has 2 aliphatic heterocycles. The molecule has 0 spiro atoms. The highest BCUT2D eigenvalue weighted by atomic mass is 16.1. The van der Waals surface area contributed by atoms with Gasteiger partial charge in [0, 0.05) is 44.8 Å². The SMILES string of the molecule is C[C@H]1C[C@H](C)CN(CCCNC(=O)C2CCN(c3nc4ccccc4n4cccc34)CC2)C1. The molecule has 0 radical (unpaired) electrons. The highest BCUT2D eigenvalue weighted by molar-refractivity contribution is 5.85. The van der Waals surface area contributed by atoms with E-state index in [1.54, 1.807) is 0 Å². The number of rotatable bonds is 6. The highest BCUT2D eigenvalue weighted by Crippen LogP contribution is 2.29. The second kappa shape index (κ2) is 9.72. The number of carbonyl (C=O) groups excluding carboxylic acids is 1. The molecule has 5 rings (SSSR count). The topological polar surface area (TPSA) is 52.9 Å². The van der Waals surface area contributed by atoms with E-state index in [1.165, 1.54) is 19.5 Å². The molecule has 33 heavy (non-hydrogen) atoms. The summed E-state index contributed by atoms with van der Waals surface area (Å²) in [6.45, 7) is 10.7. The molecule has 4 heterocycles. The van der Waals surface area contributed by atoms with Gasteiger partial charge in [-0.3, -0.25) is 4.79 Å². The van der Waals surface area contributed by atoms with E-state index < -0.39 is 0 Å². The van der Waals surface area contributed by atoms with Gasteiger partial charge in [-0.05, 0) is 68.3 Å². The molecule has 2 atom stereocenters. The van der Waals surface area contributed by atoms with E-state index in [0.717, 1.165) is 79.6 Å². The van der Waals surface area contributed by atoms with E-state index in [4.69, 9.17) is 4.98 Å². The number of nitrogens with zero attached hydrogens (tertiary/aromatic N) is 4. The monoisotopic (exact) mass is 447 g/mol. The molecule has 176 valence electrons. The second-order valence-corrected chi connectivity index (χ2v) is 10.3. The fourth-order valence-corrected chi connectivity index (χ4v) is 5.93. The maximum Gasteiger partial charge on any atom is 0.223 e. The third-order valence-corrected chi connectivity index (χ3v) is 7.41. The number of amides is 1. The van der Waals surface area contributed by atoms with Crippen molar-refractivity contribution >= 4 is 28.3 Å². The summed E-state index contributed by atoms with van der Waals surface area (Å²) in [5, 5.41) is 3.21. The minimum Gasteiger partial charge on any atom is -0.356 e. The first-order valence-electron chi connectivity index (χ1n) is 12.7. The Morgan fingerprint density at radius 1 is 1.03 bits per heavy atom. The quantitative estimate of drug-likeness (QED) is 0.576. The molecule has 1 amide bonds. The summed E-state index contributed by atoms with van der Waals surface area (Å²) in [5.41, 5.74) is 3.27. The van der Waals surface area contributed by atoms with Crippen LogP contribution in [-0.4, -0.2) is 59.5 Å². The Labute approximate surface area is 197 Å². The van der Waals surface area contributed by atoms with Crippen LogP contribution in [0, 0.1) is 17.8 Å². The standard InChI is InChI=1S/C27H37N5O/c1-20-17-21(2)19-30(18-20)13-6-12-28-27(33)22-10-15-31(16-11-22)26-25-9-5-14-32(25)24-8-4-3-7-23(24)29-26/h3-5,7-9,14,20-22H,6,10-13,15-19H2,1-2H3,(H,28,33)/t20-,21-/m0/s1. The minimum atomic E-state index is 0.111. The van der Waals surface area contributed by atoms with Crippen LogP contribution < -0.4 is 10.2 Å². The van der Waals surface area contributed by atoms with Gasteiger partial charge in [0.1, 0.15) is 0 Å². The molecule has 1 aromatic carbocycles. The summed E-state index contributed by atoms with van der Waals surface area (Å²) in [6.07, 6.45) is 6.25. The zero-order valence-corrected chi connectivity index (χ0v) is 20.0. The van der Waals surface area contributed by atoms with Gasteiger partial charge in [0.15, 0.2) is 5.82 Å². The van der Waals surface area contributed by atoms with Crippen molar-refractivity contribution in [3.8, 4) is 0 Å². The number of anilines is 1. The Morgan fingerprint density at radius 2 is 1.76 bits per heavy atom. The van der Waals surface area contributed by atoms with Crippen molar-refractivity contribution in [3.63, 3.8) is 0 Å². The fourth-order valence-electron chi connectivity index (χ4n) is 5.93. The lowest BCUT2D eigenvalue weighted by molar-refractivity contribution is -0.125. The summed E-state index contributed by atoms with van der Waals surface area (Å²) in [6, 6.07) is 12.5. The number of piperidine rings is 2. The normalized spacial score (nSPS) is 22.8. The summed E-state index contributed by atoms with van der Waals surface area (Å²) in [7, 11) is 0. The van der Waals surface area contributed by atoms with Gasteiger partial charge in [0.2, 0.25) is 5.91 Å². The molecule has 3 aromatic rings. The van der Waals surface area contributed by atoms with Crippen molar-refractivity contribution in [3.05, 3.63) is 42.6 Å². The van der Waals surface area contributed by atoms with Gasteiger partial charge in [-0.1, -0.05) is 26.0 Å². The summed E-state index contributed by atoms with van der Waals surface area (Å²) >= 11 is 0. The molecule has 6 nitrogen and oxygen atoms in total. The van der Waals surface area contributed by atoms with E-state index in [9.17, 15) is 4.79 Å². The average molecular weight is 448 g/mol. The summed E-state index contributed by atoms with van der Waals surface area (Å²) < 4.78 is 2.22. The molecular formula is C27H37N5O. The van der Waals surface area contributed by atoms with Crippen molar-refractivity contribution in [1.29, 1.82) is 0 Å². The highest BCUT2D eigenvalue weighted by Gasteiger charge is 2.27. The van der Waals surface area contributed by atoms with Crippen molar-refractivity contribution in [2.75, 3.05) is 44.2 Å². The lowest BCUT2D eigenvalue weighted by Gasteiger charge is -2.35. The lowest BCUT2D eigenvalue weighted by Crippen LogP contribution is -2.42. The van der Waals surface area contributed by atoms with Crippen LogP contribution in [-0.2, 0) is 4.79 Å². The van der Waals surface area contributed by atoms with Gasteiger partial charge < -0.3 is 19.5 Å². The second-order valence-electron chi connectivity index (χ2n) is 10.3. The molecule has 0 bridgehead atoms. The van der Waals surface area contributed by atoms with Crippen LogP contribution >= 0.6 is 0 Å². The van der Waals surface area contributed by atoms with E-state index in [0.29, 0.717) is 0 Å². The van der Waals surface area contributed by atoms with Gasteiger partial charge in [-0.25, -0.2) is 4.98 Å². The molecule has 2 aromatic heterocycles. The smallest absolute Gasteiger partial charge is 0.223 e. The number of carbonyl (C=O) groups is 1. The molecule has 2 aliphatic rings. The zero-order chi connectivity index (χ0) is 22.8. The van der Waals surface area contributed by atoms with Gasteiger partial charge in [-0.2, -0.15) is 0 Å². The van der Waals surface area contributed by atoms with Crippen LogP contribution in [0.3, 0.4) is 0 Å². The maximum atomic E-state index is 12.8. The number of para-hydroxylation sites is 2. The van der Waals surface area contributed by atoms with Crippen LogP contribution in [0.4, 0.5) is 5.82 Å². The van der Waals surface area contributed by atoms with E-state index in [1.807, 2.05) is 6.07 Å². The maximum absolute atomic E-state index is 12.8. The Morgan fingerprint density at radius 3 is 2.55 bits per heavy atom. The number of fused-ring (bicyclic) bond motifs is 3. The number of hydrogen-bond acceptors (Lipinski definition) is 4. The van der Waals surface area contributed by atoms with Crippen LogP contribution in [0.2, 0.25) is 0 Å². The van der Waals surface area contributed by atoms with Crippen LogP contribution in [0.5, 0.6) is 0 Å². The van der Waals surface area contributed by atoms with Gasteiger partial charge in [0.05, 0.1) is 16.6 Å². The van der Waals surface area contributed by atoms with E-state index >= 15 is 0 Å². The van der Waals surface area contributed by atoms with Crippen LogP contribution in [0.15, 0.2) is 42.6 Å². The summed E-state index contributed by atoms with van der Waals surface area (Å²) in [5.74, 6) is 2.95. The Hall–Kier alpha value is -2.60. The van der Waals surface area contributed by atoms with E-state index in [2.05, 4.69) is 69.9 Å². The van der Waals surface area contributed by atoms with Crippen molar-refractivity contribution < 1.29 is 4.79 Å². The van der Waals surface area contributed by atoms with Gasteiger partial charge >= 0.3 is 0 Å². The number of aromatic nitrogens is 2. The molecular weight excluding hydrogens is 410 g/mol. The Bertz CT molecular complexity index is 1090. The molecule has 2 saturated heterocycles. The third kappa shape index (κ3) is 4.86. The first-order valence-corrected chi connectivity index (χ1v) is 12.7. The molecule has 0 unspecified atom stereocenters. The number of nitrogens with one attached hydrogen (secondary N) is 1. The number of hydrogen-bond donors (Lipinski definition) is 1. The Balaban J connectivity index is 1.13. The zero-order valence-electron chi connectivity index (χ0n) is 20.0. The van der Waals surface area contributed by atoms with Crippen molar-refractivity contribution in [1.82, 2.24) is 19.6 Å². The van der Waals surface area contributed by atoms with E-state index in [-0.39, 0.29) is 11.8 Å². The molecule has 1 N–H and O–H groups in total. The van der Waals surface area contributed by atoms with Crippen LogP contribution in [0.25, 0.3) is 16.6 Å². The number of likely N-dealkylation sites (tertiary alicyclic amines) is 1. The number of benzene rings is 1. The predicted molar refractivity (Wildman–Crippen MR) is 135 cm³/mol. The molecule has 0 saturated carbocycles. The largest absolute Gasteiger partial charge is 0.356 e. The van der Waals surface area contributed by atoms with Crippen molar-refractivity contribution in [2.24, 2.45) is 17.8 Å². The Kier molecular flexibility index (Phi) is 6.54. The third-order valence-electron chi connectivity index (χ3n) is 7.41. The fraction of sp³-hybridized carbons (Fsp3) is 0.556. The lowest BCUT2D eigenvalue weighted by atomic mass is 9.92. The first kappa shape index (κ1) is 22.2. The van der Waals surface area contributed by atoms with Gasteiger partial charge in [0.25, 0.3) is 0 Å². The van der Waals surface area contributed by atoms with Crippen molar-refractivity contribution in [2.45, 2.75) is 39.5 Å². The van der Waals surface area contributed by atoms with Gasteiger partial charge in [-0.15, -0.1) is 0 Å². The first-order chi connectivity index (χ1) is 16.1. The molecule has 0 aliphatic carbocycles. The summed E-state index contributed by atoms with van der Waals surface area (Å²) in [4.78, 5) is 22.7.